The molecule has 0 spiro atoms. The standard InChI is InChI=1S/C13H20FNO2/c1-13(2,16-3)7-8-17-9-10-5-4-6-11(15)12(10)14/h4-6H,7-9,15H2,1-3H3. The highest BCUT2D eigenvalue weighted by Gasteiger charge is 2.15. The Balaban J connectivity index is 2.39. The molecule has 0 saturated carbocycles. The van der Waals surface area contributed by atoms with E-state index < -0.39 is 5.82 Å². The first-order valence-electron chi connectivity index (χ1n) is 5.62. The molecule has 3 nitrogen and oxygen atoms in total. The molecule has 0 fully saturated rings. The van der Waals surface area contributed by atoms with Crippen LogP contribution >= 0.6 is 0 Å². The third-order valence-electron chi connectivity index (χ3n) is 2.77. The molecule has 0 radical (unpaired) electrons. The van der Waals surface area contributed by atoms with Crippen molar-refractivity contribution in [1.29, 1.82) is 0 Å². The molecule has 0 unspecified atom stereocenters. The lowest BCUT2D eigenvalue weighted by Crippen LogP contribution is -2.24. The number of halogens is 1. The van der Waals surface area contributed by atoms with Gasteiger partial charge in [0.05, 0.1) is 17.9 Å². The van der Waals surface area contributed by atoms with Crippen molar-refractivity contribution in [3.8, 4) is 0 Å². The average Bonchev–Trinajstić information content (AvgIpc) is 2.30. The molecule has 0 heterocycles. The van der Waals surface area contributed by atoms with E-state index in [2.05, 4.69) is 0 Å². The quantitative estimate of drug-likeness (QED) is 0.615. The Bertz CT molecular complexity index is 366. The zero-order chi connectivity index (χ0) is 12.9. The van der Waals surface area contributed by atoms with Gasteiger partial charge in [-0.25, -0.2) is 4.39 Å². The summed E-state index contributed by atoms with van der Waals surface area (Å²) in [5, 5.41) is 0. The fourth-order valence-corrected chi connectivity index (χ4v) is 1.31. The number of nitrogen functional groups attached to an aromatic ring is 1. The van der Waals surface area contributed by atoms with Gasteiger partial charge < -0.3 is 15.2 Å². The summed E-state index contributed by atoms with van der Waals surface area (Å²) < 4.78 is 24.2. The molecule has 0 aliphatic rings. The number of ether oxygens (including phenoxy) is 2. The van der Waals surface area contributed by atoms with Crippen molar-refractivity contribution in [3.05, 3.63) is 29.6 Å². The predicted octanol–water partition coefficient (Wildman–Crippen LogP) is 2.74. The van der Waals surface area contributed by atoms with Gasteiger partial charge in [0.2, 0.25) is 0 Å². The number of nitrogens with two attached hydrogens (primary N) is 1. The number of benzene rings is 1. The first-order chi connectivity index (χ1) is 7.96. The maximum atomic E-state index is 13.5. The highest BCUT2D eigenvalue weighted by atomic mass is 19.1. The first-order valence-corrected chi connectivity index (χ1v) is 5.62. The minimum Gasteiger partial charge on any atom is -0.396 e. The van der Waals surface area contributed by atoms with Crippen molar-refractivity contribution in [2.24, 2.45) is 0 Å². The lowest BCUT2D eigenvalue weighted by molar-refractivity contribution is -0.0127. The fraction of sp³-hybridized carbons (Fsp3) is 0.538. The molecule has 0 aliphatic carbocycles. The molecule has 4 heteroatoms. The predicted molar refractivity (Wildman–Crippen MR) is 66.2 cm³/mol. The molecule has 17 heavy (non-hydrogen) atoms. The van der Waals surface area contributed by atoms with Gasteiger partial charge in [-0.3, -0.25) is 0 Å². The zero-order valence-corrected chi connectivity index (χ0v) is 10.6. The van der Waals surface area contributed by atoms with Gasteiger partial charge in [-0.15, -0.1) is 0 Å². The second kappa shape index (κ2) is 5.98. The van der Waals surface area contributed by atoms with Crippen molar-refractivity contribution in [3.63, 3.8) is 0 Å². The van der Waals surface area contributed by atoms with E-state index in [0.717, 1.165) is 6.42 Å². The first kappa shape index (κ1) is 13.9. The SMILES string of the molecule is COC(C)(C)CCOCc1cccc(N)c1F. The van der Waals surface area contributed by atoms with E-state index >= 15 is 0 Å². The lowest BCUT2D eigenvalue weighted by Gasteiger charge is -2.22. The third-order valence-corrected chi connectivity index (χ3v) is 2.77. The minimum atomic E-state index is -0.390. The summed E-state index contributed by atoms with van der Waals surface area (Å²) in [5.41, 5.74) is 5.89. The maximum Gasteiger partial charge on any atom is 0.151 e. The van der Waals surface area contributed by atoms with E-state index in [4.69, 9.17) is 15.2 Å². The smallest absolute Gasteiger partial charge is 0.151 e. The Morgan fingerprint density at radius 2 is 2.06 bits per heavy atom. The summed E-state index contributed by atoms with van der Waals surface area (Å²) in [5.74, 6) is -0.390. The molecular weight excluding hydrogens is 221 g/mol. The van der Waals surface area contributed by atoms with E-state index in [9.17, 15) is 4.39 Å². The molecule has 2 N–H and O–H groups in total. The summed E-state index contributed by atoms with van der Waals surface area (Å²) >= 11 is 0. The van der Waals surface area contributed by atoms with Gasteiger partial charge in [0.25, 0.3) is 0 Å². The molecule has 0 saturated heterocycles. The Labute approximate surface area is 102 Å². The maximum absolute atomic E-state index is 13.5. The monoisotopic (exact) mass is 241 g/mol. The van der Waals surface area contributed by atoms with E-state index in [-0.39, 0.29) is 17.9 Å². The highest BCUT2D eigenvalue weighted by molar-refractivity contribution is 5.42. The minimum absolute atomic E-state index is 0.156. The van der Waals surface area contributed by atoms with Gasteiger partial charge in [-0.1, -0.05) is 12.1 Å². The van der Waals surface area contributed by atoms with Crippen molar-refractivity contribution in [2.45, 2.75) is 32.5 Å². The number of methoxy groups -OCH3 is 1. The Hall–Kier alpha value is -1.13. The van der Waals surface area contributed by atoms with E-state index in [0.29, 0.717) is 12.2 Å². The van der Waals surface area contributed by atoms with Crippen LogP contribution in [0.4, 0.5) is 10.1 Å². The van der Waals surface area contributed by atoms with Crippen LogP contribution < -0.4 is 5.73 Å². The summed E-state index contributed by atoms with van der Waals surface area (Å²) in [6.07, 6.45) is 0.757. The van der Waals surface area contributed by atoms with Gasteiger partial charge in [0.1, 0.15) is 0 Å². The average molecular weight is 241 g/mol. The van der Waals surface area contributed by atoms with Crippen LogP contribution in [0.1, 0.15) is 25.8 Å². The fourth-order valence-electron chi connectivity index (χ4n) is 1.31. The Morgan fingerprint density at radius 1 is 1.35 bits per heavy atom. The molecular formula is C13H20FNO2. The number of hydrogen-bond acceptors (Lipinski definition) is 3. The van der Waals surface area contributed by atoms with Gasteiger partial charge in [0.15, 0.2) is 5.82 Å². The topological polar surface area (TPSA) is 44.5 Å². The van der Waals surface area contributed by atoms with Gasteiger partial charge in [-0.2, -0.15) is 0 Å². The van der Waals surface area contributed by atoms with Crippen LogP contribution in [0.5, 0.6) is 0 Å². The molecule has 1 aromatic carbocycles. The van der Waals surface area contributed by atoms with Gasteiger partial charge in [-0.05, 0) is 26.3 Å². The summed E-state index contributed by atoms with van der Waals surface area (Å²) in [6, 6.07) is 4.93. The second-order valence-corrected chi connectivity index (χ2v) is 4.59. The van der Waals surface area contributed by atoms with Gasteiger partial charge in [0, 0.05) is 19.3 Å². The van der Waals surface area contributed by atoms with Crippen LogP contribution in [-0.2, 0) is 16.1 Å². The normalized spacial score (nSPS) is 11.8. The van der Waals surface area contributed by atoms with Crippen LogP contribution in [0.2, 0.25) is 0 Å². The highest BCUT2D eigenvalue weighted by Crippen LogP contribution is 2.17. The number of anilines is 1. The lowest BCUT2D eigenvalue weighted by atomic mass is 10.1. The second-order valence-electron chi connectivity index (χ2n) is 4.59. The van der Waals surface area contributed by atoms with Crippen molar-refractivity contribution < 1.29 is 13.9 Å². The van der Waals surface area contributed by atoms with Crippen LogP contribution in [-0.4, -0.2) is 19.3 Å². The van der Waals surface area contributed by atoms with Crippen molar-refractivity contribution >= 4 is 5.69 Å². The number of rotatable bonds is 6. The Kier molecular flexibility index (Phi) is 4.90. The summed E-state index contributed by atoms with van der Waals surface area (Å²) in [4.78, 5) is 0. The van der Waals surface area contributed by atoms with Crippen LogP contribution in [0.25, 0.3) is 0 Å². The molecule has 0 bridgehead atoms. The molecule has 96 valence electrons. The van der Waals surface area contributed by atoms with Crippen molar-refractivity contribution in [2.75, 3.05) is 19.5 Å². The summed E-state index contributed by atoms with van der Waals surface area (Å²) in [6.45, 7) is 4.72. The molecule has 0 atom stereocenters. The van der Waals surface area contributed by atoms with E-state index in [1.807, 2.05) is 13.8 Å². The molecule has 0 aromatic heterocycles. The molecule has 1 aromatic rings. The molecule has 0 amide bonds. The van der Waals surface area contributed by atoms with E-state index in [1.165, 1.54) is 6.07 Å². The van der Waals surface area contributed by atoms with Crippen LogP contribution in [0.15, 0.2) is 18.2 Å². The zero-order valence-electron chi connectivity index (χ0n) is 10.6. The van der Waals surface area contributed by atoms with E-state index in [1.54, 1.807) is 19.2 Å². The third kappa shape index (κ3) is 4.32. The van der Waals surface area contributed by atoms with Crippen molar-refractivity contribution in [1.82, 2.24) is 0 Å². The number of hydrogen-bond donors (Lipinski definition) is 1. The Morgan fingerprint density at radius 3 is 2.71 bits per heavy atom. The molecule has 1 rings (SSSR count). The summed E-state index contributed by atoms with van der Waals surface area (Å²) in [7, 11) is 1.66. The van der Waals surface area contributed by atoms with Crippen LogP contribution in [0, 0.1) is 5.82 Å². The molecule has 0 aliphatic heterocycles. The largest absolute Gasteiger partial charge is 0.396 e. The van der Waals surface area contributed by atoms with Crippen LogP contribution in [0.3, 0.4) is 0 Å². The van der Waals surface area contributed by atoms with Gasteiger partial charge >= 0.3 is 0 Å².